The van der Waals surface area contributed by atoms with Gasteiger partial charge in [-0.25, -0.2) is 19.2 Å². The number of methoxy groups -OCH3 is 8. The number of carbonyl (C=O) groups excluding carboxylic acids is 4. The fourth-order valence-electron chi connectivity index (χ4n) is 8.99. The summed E-state index contributed by atoms with van der Waals surface area (Å²) in [5.74, 6) is -1.63. The van der Waals surface area contributed by atoms with Crippen molar-refractivity contribution in [1.29, 1.82) is 0 Å². The molecule has 12 nitrogen and oxygen atoms in total. The third-order valence-electron chi connectivity index (χ3n) is 11.0. The Morgan fingerprint density at radius 3 is 0.696 bits per heavy atom. The van der Waals surface area contributed by atoms with E-state index >= 15 is 0 Å². The first-order valence-electron chi connectivity index (χ1n) is 17.7. The molecule has 0 amide bonds. The molecule has 4 atom stereocenters. The zero-order valence-electron chi connectivity index (χ0n) is 32.1. The van der Waals surface area contributed by atoms with E-state index in [1.165, 1.54) is 28.4 Å². The maximum atomic E-state index is 12.8. The molecule has 288 valence electrons. The maximum Gasteiger partial charge on any atom is 0.335 e. The Morgan fingerprint density at radius 2 is 0.536 bits per heavy atom. The van der Waals surface area contributed by atoms with Crippen LogP contribution < -0.4 is 18.9 Å². The minimum Gasteiger partial charge on any atom is -0.496 e. The van der Waals surface area contributed by atoms with Gasteiger partial charge < -0.3 is 37.9 Å². The highest BCUT2D eigenvalue weighted by atomic mass is 16.5. The molecule has 10 rings (SSSR count). The molecule has 0 fully saturated rings. The molecule has 0 saturated heterocycles. The highest BCUT2D eigenvalue weighted by Gasteiger charge is 2.52. The van der Waals surface area contributed by atoms with Crippen molar-refractivity contribution in [2.45, 2.75) is 23.7 Å². The fraction of sp³-hybridized carbons (Fsp3) is 0.273. The van der Waals surface area contributed by atoms with Gasteiger partial charge >= 0.3 is 23.9 Å². The van der Waals surface area contributed by atoms with Crippen molar-refractivity contribution >= 4 is 23.9 Å². The van der Waals surface area contributed by atoms with E-state index in [0.29, 0.717) is 23.0 Å². The Balaban J connectivity index is 0.000000172. The molecule has 12 heteroatoms. The van der Waals surface area contributed by atoms with Gasteiger partial charge in [-0.2, -0.15) is 0 Å². The lowest BCUT2D eigenvalue weighted by atomic mass is 9.60. The van der Waals surface area contributed by atoms with Gasteiger partial charge in [0.2, 0.25) is 0 Å². The quantitative estimate of drug-likeness (QED) is 0.157. The van der Waals surface area contributed by atoms with E-state index in [9.17, 15) is 19.2 Å². The summed E-state index contributed by atoms with van der Waals surface area (Å²) < 4.78 is 42.6. The van der Waals surface area contributed by atoms with Crippen LogP contribution in [-0.4, -0.2) is 80.8 Å². The van der Waals surface area contributed by atoms with Crippen molar-refractivity contribution in [2.24, 2.45) is 0 Å². The van der Waals surface area contributed by atoms with Crippen LogP contribution in [-0.2, 0) is 38.1 Å². The van der Waals surface area contributed by atoms with Gasteiger partial charge in [0, 0.05) is 45.9 Å². The maximum absolute atomic E-state index is 12.8. The van der Waals surface area contributed by atoms with Gasteiger partial charge in [0.05, 0.1) is 79.2 Å². The van der Waals surface area contributed by atoms with Crippen molar-refractivity contribution in [3.63, 3.8) is 0 Å². The third kappa shape index (κ3) is 5.42. The van der Waals surface area contributed by atoms with E-state index in [1.807, 2.05) is 72.8 Å². The van der Waals surface area contributed by atoms with Gasteiger partial charge in [-0.15, -0.1) is 0 Å². The molecule has 0 unspecified atom stereocenters. The molecule has 0 aliphatic heterocycles. The highest BCUT2D eigenvalue weighted by molar-refractivity contribution is 6.07. The van der Waals surface area contributed by atoms with Crippen LogP contribution >= 0.6 is 0 Å². The van der Waals surface area contributed by atoms with Crippen molar-refractivity contribution in [3.05, 3.63) is 140 Å². The van der Waals surface area contributed by atoms with E-state index in [4.69, 9.17) is 37.9 Å². The Morgan fingerprint density at radius 1 is 0.339 bits per heavy atom. The Labute approximate surface area is 323 Å². The summed E-state index contributed by atoms with van der Waals surface area (Å²) in [6, 6.07) is 22.7. The molecule has 4 bridgehead atoms. The van der Waals surface area contributed by atoms with Gasteiger partial charge in [-0.05, 0) is 46.5 Å². The summed E-state index contributed by atoms with van der Waals surface area (Å²) in [6.07, 6.45) is 0. The van der Waals surface area contributed by atoms with Gasteiger partial charge in [-0.3, -0.25) is 0 Å². The molecule has 0 saturated carbocycles. The Bertz CT molecular complexity index is 2040. The van der Waals surface area contributed by atoms with Crippen molar-refractivity contribution < 1.29 is 57.1 Å². The number of ether oxygens (including phenoxy) is 8. The van der Waals surface area contributed by atoms with E-state index in [0.717, 1.165) is 44.5 Å². The summed E-state index contributed by atoms with van der Waals surface area (Å²) in [6.45, 7) is 0. The monoisotopic (exact) mass is 760 g/mol. The smallest absolute Gasteiger partial charge is 0.335 e. The first kappa shape index (κ1) is 37.7. The first-order valence-corrected chi connectivity index (χ1v) is 17.7. The zero-order valence-corrected chi connectivity index (χ0v) is 32.1. The van der Waals surface area contributed by atoms with Gasteiger partial charge in [0.25, 0.3) is 0 Å². The van der Waals surface area contributed by atoms with Crippen molar-refractivity contribution in [2.75, 3.05) is 56.9 Å². The average molecular weight is 761 g/mol. The second-order valence-electron chi connectivity index (χ2n) is 13.2. The number of rotatable bonds is 8. The summed E-state index contributed by atoms with van der Waals surface area (Å²) in [7, 11) is 11.6. The fourth-order valence-corrected chi connectivity index (χ4v) is 8.99. The van der Waals surface area contributed by atoms with Crippen LogP contribution in [0.15, 0.2) is 95.1 Å². The van der Waals surface area contributed by atoms with E-state index in [1.54, 1.807) is 28.4 Å². The van der Waals surface area contributed by atoms with E-state index < -0.39 is 47.5 Å². The number of hydrogen-bond donors (Lipinski definition) is 0. The molecular weight excluding hydrogens is 720 g/mol. The largest absolute Gasteiger partial charge is 0.496 e. The summed E-state index contributed by atoms with van der Waals surface area (Å²) in [5, 5.41) is 0. The summed E-state index contributed by atoms with van der Waals surface area (Å²) in [4.78, 5) is 51.2. The molecule has 6 aliphatic carbocycles. The van der Waals surface area contributed by atoms with Crippen LogP contribution in [0.2, 0.25) is 0 Å². The topological polar surface area (TPSA) is 142 Å². The summed E-state index contributed by atoms with van der Waals surface area (Å²) in [5.41, 5.74) is 8.20. The van der Waals surface area contributed by atoms with Crippen LogP contribution in [0.4, 0.5) is 0 Å². The Kier molecular flexibility index (Phi) is 10.1. The molecule has 0 radical (unpaired) electrons. The Hall–Kier alpha value is -6.56. The van der Waals surface area contributed by atoms with Crippen LogP contribution in [0.3, 0.4) is 0 Å². The lowest BCUT2D eigenvalue weighted by Crippen LogP contribution is -2.35. The minimum atomic E-state index is -0.555. The van der Waals surface area contributed by atoms with Crippen LogP contribution in [0.5, 0.6) is 23.0 Å². The second-order valence-corrected chi connectivity index (χ2v) is 13.2. The first-order chi connectivity index (χ1) is 27.2. The SMILES string of the molecule is COC(=O)C1=C(C(=O)OC)[C@@H]2c3cccc(OC)c3[C@H]1c1cccc(OC)c12.COC(=O)C1=C(C(=O)OC)[C@H]2c3cccc(OC)c3[C@@H]1c1cccc(OC)c12. The normalized spacial score (nSPS) is 18.9. The van der Waals surface area contributed by atoms with E-state index in [2.05, 4.69) is 0 Å². The van der Waals surface area contributed by atoms with E-state index in [-0.39, 0.29) is 22.3 Å². The molecule has 4 aromatic rings. The molecule has 4 aromatic carbocycles. The predicted octanol–water partition coefficient (Wildman–Crippen LogP) is 5.87. The number of benzene rings is 4. The van der Waals surface area contributed by atoms with Crippen molar-refractivity contribution in [1.82, 2.24) is 0 Å². The number of esters is 4. The lowest BCUT2D eigenvalue weighted by molar-refractivity contribution is -0.140. The molecule has 56 heavy (non-hydrogen) atoms. The average Bonchev–Trinajstić information content (AvgIpc) is 3.26. The minimum absolute atomic E-state index is 0.289. The lowest BCUT2D eigenvalue weighted by Gasteiger charge is -2.42. The standard InChI is InChI=1S/2C22H20O6/c2*1-25-13-9-5-7-11-15(13)17-12-8-6-10-14(26-2)16(12)18(11)20(22(24)28-4)19(17)21(23)27-3/h2*5-10,17-18H,1-4H3/t2*17-,18-/m10/s1. The highest BCUT2D eigenvalue weighted by Crippen LogP contribution is 2.61. The predicted molar refractivity (Wildman–Crippen MR) is 201 cm³/mol. The molecule has 0 heterocycles. The molecule has 0 spiro atoms. The van der Waals surface area contributed by atoms with Crippen molar-refractivity contribution in [3.8, 4) is 23.0 Å². The van der Waals surface area contributed by atoms with Crippen LogP contribution in [0.1, 0.15) is 68.2 Å². The van der Waals surface area contributed by atoms with Crippen LogP contribution in [0, 0.1) is 0 Å². The number of carbonyl (C=O) groups is 4. The number of hydrogen-bond acceptors (Lipinski definition) is 12. The van der Waals surface area contributed by atoms with Crippen LogP contribution in [0.25, 0.3) is 0 Å². The van der Waals surface area contributed by atoms with Gasteiger partial charge in [0.1, 0.15) is 23.0 Å². The van der Waals surface area contributed by atoms with Gasteiger partial charge in [0.15, 0.2) is 0 Å². The molecule has 0 N–H and O–H groups in total. The second kappa shape index (κ2) is 14.9. The third-order valence-corrected chi connectivity index (χ3v) is 11.0. The molecular formula is C44H40O12. The van der Waals surface area contributed by atoms with Gasteiger partial charge in [-0.1, -0.05) is 48.5 Å². The molecule has 6 aliphatic rings. The zero-order chi connectivity index (χ0) is 40.0. The summed E-state index contributed by atoms with van der Waals surface area (Å²) >= 11 is 0. The molecule has 0 aromatic heterocycles.